The number of amides is 1. The van der Waals surface area contributed by atoms with E-state index in [2.05, 4.69) is 21.2 Å². The molecular formula is C15H13BrFNO. The van der Waals surface area contributed by atoms with Crippen molar-refractivity contribution in [3.8, 4) is 0 Å². The number of nitrogens with one attached hydrogen (secondary N) is 1. The summed E-state index contributed by atoms with van der Waals surface area (Å²) in [5, 5.41) is 2.83. The minimum Gasteiger partial charge on any atom is -0.326 e. The highest BCUT2D eigenvalue weighted by atomic mass is 79.9. The Morgan fingerprint density at radius 2 is 1.68 bits per heavy atom. The van der Waals surface area contributed by atoms with Crippen LogP contribution in [-0.2, 0) is 4.79 Å². The Morgan fingerprint density at radius 1 is 1.11 bits per heavy atom. The van der Waals surface area contributed by atoms with Gasteiger partial charge in [0.2, 0.25) is 5.91 Å². The predicted molar refractivity (Wildman–Crippen MR) is 77.6 cm³/mol. The summed E-state index contributed by atoms with van der Waals surface area (Å²) in [6.07, 6.45) is 0. The number of carbonyl (C=O) groups excluding carboxylic acids is 1. The molecule has 0 heterocycles. The number of rotatable bonds is 3. The van der Waals surface area contributed by atoms with Gasteiger partial charge in [0.15, 0.2) is 0 Å². The fourth-order valence-corrected chi connectivity index (χ4v) is 1.95. The van der Waals surface area contributed by atoms with Gasteiger partial charge in [0.1, 0.15) is 5.82 Å². The number of hydrogen-bond donors (Lipinski definition) is 1. The third kappa shape index (κ3) is 3.64. The maximum atomic E-state index is 12.8. The van der Waals surface area contributed by atoms with Crippen LogP contribution in [0.2, 0.25) is 0 Å². The van der Waals surface area contributed by atoms with E-state index >= 15 is 0 Å². The first-order valence-corrected chi connectivity index (χ1v) is 6.67. The largest absolute Gasteiger partial charge is 0.326 e. The molecule has 1 N–H and O–H groups in total. The summed E-state index contributed by atoms with van der Waals surface area (Å²) in [5.41, 5.74) is 1.53. The zero-order valence-electron chi connectivity index (χ0n) is 10.4. The van der Waals surface area contributed by atoms with Crippen molar-refractivity contribution in [2.45, 2.75) is 12.8 Å². The second kappa shape index (κ2) is 5.97. The molecule has 0 saturated carbocycles. The molecule has 0 fully saturated rings. The molecule has 0 saturated heterocycles. The van der Waals surface area contributed by atoms with Crippen molar-refractivity contribution in [1.29, 1.82) is 0 Å². The number of benzene rings is 2. The summed E-state index contributed by atoms with van der Waals surface area (Å²) >= 11 is 3.34. The molecular weight excluding hydrogens is 309 g/mol. The van der Waals surface area contributed by atoms with Crippen molar-refractivity contribution in [3.63, 3.8) is 0 Å². The molecule has 98 valence electrons. The molecule has 0 aliphatic heterocycles. The molecule has 4 heteroatoms. The molecule has 2 aromatic rings. The van der Waals surface area contributed by atoms with Gasteiger partial charge in [0.05, 0.1) is 5.92 Å². The number of halogens is 2. The Kier molecular flexibility index (Phi) is 4.32. The first kappa shape index (κ1) is 13.7. The lowest BCUT2D eigenvalue weighted by atomic mass is 10.0. The van der Waals surface area contributed by atoms with E-state index in [1.807, 2.05) is 24.3 Å². The number of anilines is 1. The van der Waals surface area contributed by atoms with E-state index in [0.717, 1.165) is 15.7 Å². The maximum Gasteiger partial charge on any atom is 0.231 e. The Bertz CT molecular complexity index is 566. The standard InChI is InChI=1S/C15H13BrFNO/c1-10(11-2-6-13(17)7-3-11)15(19)18-14-8-4-12(16)5-9-14/h2-10H,1H3,(H,18,19). The highest BCUT2D eigenvalue weighted by Crippen LogP contribution is 2.19. The van der Waals surface area contributed by atoms with Crippen LogP contribution in [0.1, 0.15) is 18.4 Å². The lowest BCUT2D eigenvalue weighted by molar-refractivity contribution is -0.117. The lowest BCUT2D eigenvalue weighted by Gasteiger charge is -2.12. The van der Waals surface area contributed by atoms with Gasteiger partial charge < -0.3 is 5.32 Å². The van der Waals surface area contributed by atoms with Gasteiger partial charge in [-0.15, -0.1) is 0 Å². The van der Waals surface area contributed by atoms with E-state index in [4.69, 9.17) is 0 Å². The smallest absolute Gasteiger partial charge is 0.231 e. The summed E-state index contributed by atoms with van der Waals surface area (Å²) in [6.45, 7) is 1.79. The van der Waals surface area contributed by atoms with Gasteiger partial charge in [-0.3, -0.25) is 4.79 Å². The van der Waals surface area contributed by atoms with Crippen LogP contribution in [0.15, 0.2) is 53.0 Å². The zero-order chi connectivity index (χ0) is 13.8. The summed E-state index contributed by atoms with van der Waals surface area (Å²) in [6, 6.07) is 13.3. The fourth-order valence-electron chi connectivity index (χ4n) is 1.69. The molecule has 2 rings (SSSR count). The minimum atomic E-state index is -0.329. The van der Waals surface area contributed by atoms with Crippen LogP contribution in [0, 0.1) is 5.82 Å². The highest BCUT2D eigenvalue weighted by molar-refractivity contribution is 9.10. The average molecular weight is 322 g/mol. The van der Waals surface area contributed by atoms with E-state index < -0.39 is 0 Å². The normalized spacial score (nSPS) is 11.9. The summed E-state index contributed by atoms with van der Waals surface area (Å²) in [4.78, 5) is 12.1. The van der Waals surface area contributed by atoms with E-state index in [1.54, 1.807) is 19.1 Å². The monoisotopic (exact) mass is 321 g/mol. The third-order valence-electron chi connectivity index (χ3n) is 2.88. The average Bonchev–Trinajstić information content (AvgIpc) is 2.41. The number of hydrogen-bond acceptors (Lipinski definition) is 1. The molecule has 2 nitrogen and oxygen atoms in total. The molecule has 2 aromatic carbocycles. The Hall–Kier alpha value is -1.68. The first-order chi connectivity index (χ1) is 9.06. The Balaban J connectivity index is 2.07. The molecule has 0 bridgehead atoms. The number of carbonyl (C=O) groups is 1. The third-order valence-corrected chi connectivity index (χ3v) is 3.40. The Morgan fingerprint density at radius 3 is 2.26 bits per heavy atom. The van der Waals surface area contributed by atoms with Crippen LogP contribution in [0.3, 0.4) is 0 Å². The molecule has 1 atom stereocenters. The van der Waals surface area contributed by atoms with E-state index in [0.29, 0.717) is 0 Å². The van der Waals surface area contributed by atoms with Crippen molar-refractivity contribution in [1.82, 2.24) is 0 Å². The van der Waals surface area contributed by atoms with Gasteiger partial charge in [0.25, 0.3) is 0 Å². The second-order valence-corrected chi connectivity index (χ2v) is 5.19. The van der Waals surface area contributed by atoms with Crippen LogP contribution in [0.5, 0.6) is 0 Å². The maximum absolute atomic E-state index is 12.8. The van der Waals surface area contributed by atoms with Crippen LogP contribution < -0.4 is 5.32 Å². The Labute approximate surface area is 119 Å². The lowest BCUT2D eigenvalue weighted by Crippen LogP contribution is -2.18. The molecule has 0 aromatic heterocycles. The second-order valence-electron chi connectivity index (χ2n) is 4.27. The molecule has 0 radical (unpaired) electrons. The topological polar surface area (TPSA) is 29.1 Å². The van der Waals surface area contributed by atoms with Gasteiger partial charge >= 0.3 is 0 Å². The molecule has 19 heavy (non-hydrogen) atoms. The van der Waals surface area contributed by atoms with Crippen molar-refractivity contribution >= 4 is 27.5 Å². The van der Waals surface area contributed by atoms with Gasteiger partial charge in [-0.1, -0.05) is 28.1 Å². The highest BCUT2D eigenvalue weighted by Gasteiger charge is 2.15. The molecule has 0 aliphatic carbocycles. The van der Waals surface area contributed by atoms with Crippen LogP contribution in [0.4, 0.5) is 10.1 Å². The van der Waals surface area contributed by atoms with Crippen LogP contribution >= 0.6 is 15.9 Å². The van der Waals surface area contributed by atoms with Gasteiger partial charge in [-0.05, 0) is 48.9 Å². The van der Waals surface area contributed by atoms with Crippen molar-refractivity contribution < 1.29 is 9.18 Å². The first-order valence-electron chi connectivity index (χ1n) is 5.88. The molecule has 0 aliphatic rings. The summed E-state index contributed by atoms with van der Waals surface area (Å²) in [5.74, 6) is -0.748. The molecule has 0 spiro atoms. The SMILES string of the molecule is CC(C(=O)Nc1ccc(Br)cc1)c1ccc(F)cc1. The minimum absolute atomic E-state index is 0.117. The van der Waals surface area contributed by atoms with Gasteiger partial charge in [-0.25, -0.2) is 4.39 Å². The van der Waals surface area contributed by atoms with Crippen LogP contribution in [-0.4, -0.2) is 5.91 Å². The van der Waals surface area contributed by atoms with E-state index in [9.17, 15) is 9.18 Å². The van der Waals surface area contributed by atoms with E-state index in [1.165, 1.54) is 12.1 Å². The molecule has 1 unspecified atom stereocenters. The van der Waals surface area contributed by atoms with Crippen LogP contribution in [0.25, 0.3) is 0 Å². The predicted octanol–water partition coefficient (Wildman–Crippen LogP) is 4.33. The summed E-state index contributed by atoms with van der Waals surface area (Å²) < 4.78 is 13.8. The van der Waals surface area contributed by atoms with Crippen molar-refractivity contribution in [2.75, 3.05) is 5.32 Å². The van der Waals surface area contributed by atoms with E-state index in [-0.39, 0.29) is 17.6 Å². The van der Waals surface area contributed by atoms with Gasteiger partial charge in [-0.2, -0.15) is 0 Å². The quantitative estimate of drug-likeness (QED) is 0.895. The fraction of sp³-hybridized carbons (Fsp3) is 0.133. The summed E-state index contributed by atoms with van der Waals surface area (Å²) in [7, 11) is 0. The molecule has 1 amide bonds. The zero-order valence-corrected chi connectivity index (χ0v) is 11.9. The van der Waals surface area contributed by atoms with Gasteiger partial charge in [0, 0.05) is 10.2 Å². The van der Waals surface area contributed by atoms with Crippen molar-refractivity contribution in [2.24, 2.45) is 0 Å². The van der Waals surface area contributed by atoms with Crippen molar-refractivity contribution in [3.05, 3.63) is 64.4 Å².